The number of nitrogens with zero attached hydrogens (tertiary/aromatic N) is 1. The highest BCUT2D eigenvalue weighted by Crippen LogP contribution is 2.37. The van der Waals surface area contributed by atoms with Gasteiger partial charge in [0.05, 0.1) is 11.3 Å². The number of rotatable bonds is 5. The summed E-state index contributed by atoms with van der Waals surface area (Å²) in [5, 5.41) is 3.09. The number of aromatic nitrogens is 1. The summed E-state index contributed by atoms with van der Waals surface area (Å²) < 4.78 is 44.1. The maximum absolute atomic E-state index is 12.9. The molecule has 0 aliphatic heterocycles. The van der Waals surface area contributed by atoms with Crippen molar-refractivity contribution in [3.63, 3.8) is 0 Å². The molecule has 0 atom stereocenters. The zero-order valence-corrected chi connectivity index (χ0v) is 11.4. The van der Waals surface area contributed by atoms with Gasteiger partial charge in [-0.1, -0.05) is 19.1 Å². The topological polar surface area (TPSA) is 34.1 Å². The molecule has 0 aliphatic carbocycles. The fraction of sp³-hybridized carbons (Fsp3) is 0.267. The summed E-state index contributed by atoms with van der Waals surface area (Å²) in [7, 11) is 0. The third-order valence-electron chi connectivity index (χ3n) is 2.76. The fourth-order valence-corrected chi connectivity index (χ4v) is 1.79. The number of halogens is 3. The number of hydrogen-bond acceptors (Lipinski definition) is 3. The van der Waals surface area contributed by atoms with Crippen molar-refractivity contribution in [2.45, 2.75) is 19.6 Å². The largest absolute Gasteiger partial charge is 0.457 e. The highest BCUT2D eigenvalue weighted by molar-refractivity contribution is 5.39. The standard InChI is InChI=1S/C15H15F3N2O/c1-2-19-10-11-9-12(7-8-20-11)21-14-6-4-3-5-13(14)15(16,17)18/h3-9,19H,2,10H2,1H3. The van der Waals surface area contributed by atoms with Gasteiger partial charge in [0.1, 0.15) is 11.5 Å². The van der Waals surface area contributed by atoms with Crippen LogP contribution in [0.5, 0.6) is 11.5 Å². The van der Waals surface area contributed by atoms with Crippen LogP contribution in [0.3, 0.4) is 0 Å². The lowest BCUT2D eigenvalue weighted by molar-refractivity contribution is -0.138. The molecule has 2 rings (SSSR count). The van der Waals surface area contributed by atoms with E-state index >= 15 is 0 Å². The molecule has 0 fully saturated rings. The van der Waals surface area contributed by atoms with Gasteiger partial charge >= 0.3 is 6.18 Å². The summed E-state index contributed by atoms with van der Waals surface area (Å²) in [6, 6.07) is 8.28. The number of hydrogen-bond donors (Lipinski definition) is 1. The molecule has 112 valence electrons. The van der Waals surface area contributed by atoms with Gasteiger partial charge in [-0.2, -0.15) is 13.2 Å². The SMILES string of the molecule is CCNCc1cc(Oc2ccccc2C(F)(F)F)ccn1. The molecule has 0 spiro atoms. The number of alkyl halides is 3. The highest BCUT2D eigenvalue weighted by Gasteiger charge is 2.34. The Hall–Kier alpha value is -2.08. The zero-order chi connectivity index (χ0) is 15.3. The molecule has 1 aromatic carbocycles. The summed E-state index contributed by atoms with van der Waals surface area (Å²) >= 11 is 0. The lowest BCUT2D eigenvalue weighted by Gasteiger charge is -2.13. The summed E-state index contributed by atoms with van der Waals surface area (Å²) in [6.07, 6.45) is -2.94. The van der Waals surface area contributed by atoms with Crippen molar-refractivity contribution in [3.8, 4) is 11.5 Å². The van der Waals surface area contributed by atoms with Gasteiger partial charge < -0.3 is 10.1 Å². The van der Waals surface area contributed by atoms with Gasteiger partial charge in [-0.05, 0) is 24.7 Å². The van der Waals surface area contributed by atoms with Gasteiger partial charge in [-0.15, -0.1) is 0 Å². The lowest BCUT2D eigenvalue weighted by Crippen LogP contribution is -2.12. The zero-order valence-electron chi connectivity index (χ0n) is 11.4. The Morgan fingerprint density at radius 2 is 1.95 bits per heavy atom. The molecule has 0 aliphatic rings. The second-order valence-electron chi connectivity index (χ2n) is 4.36. The van der Waals surface area contributed by atoms with Crippen LogP contribution in [0.2, 0.25) is 0 Å². The predicted octanol–water partition coefficient (Wildman–Crippen LogP) is 4.00. The van der Waals surface area contributed by atoms with Gasteiger partial charge in [-0.3, -0.25) is 4.98 Å². The highest BCUT2D eigenvalue weighted by atomic mass is 19.4. The fourth-order valence-electron chi connectivity index (χ4n) is 1.79. The van der Waals surface area contributed by atoms with Crippen LogP contribution in [-0.4, -0.2) is 11.5 Å². The molecule has 0 bridgehead atoms. The number of ether oxygens (including phenoxy) is 1. The lowest BCUT2D eigenvalue weighted by atomic mass is 10.2. The quantitative estimate of drug-likeness (QED) is 0.905. The van der Waals surface area contributed by atoms with Crippen LogP contribution in [0.25, 0.3) is 0 Å². The van der Waals surface area contributed by atoms with E-state index in [1.165, 1.54) is 30.5 Å². The molecule has 0 saturated heterocycles. The van der Waals surface area contributed by atoms with Crippen molar-refractivity contribution in [1.29, 1.82) is 0 Å². The number of pyridine rings is 1. The van der Waals surface area contributed by atoms with E-state index in [-0.39, 0.29) is 5.75 Å². The first-order chi connectivity index (χ1) is 10.0. The Kier molecular flexibility index (Phi) is 4.80. The first-order valence-corrected chi connectivity index (χ1v) is 6.50. The van der Waals surface area contributed by atoms with Crippen LogP contribution >= 0.6 is 0 Å². The van der Waals surface area contributed by atoms with E-state index in [0.717, 1.165) is 12.6 Å². The first-order valence-electron chi connectivity index (χ1n) is 6.50. The van der Waals surface area contributed by atoms with E-state index in [9.17, 15) is 13.2 Å². The van der Waals surface area contributed by atoms with Gasteiger partial charge in [0.2, 0.25) is 0 Å². The predicted molar refractivity (Wildman–Crippen MR) is 73.1 cm³/mol. The molecule has 6 heteroatoms. The maximum atomic E-state index is 12.9. The number of nitrogens with one attached hydrogen (secondary N) is 1. The van der Waals surface area contributed by atoms with Crippen molar-refractivity contribution < 1.29 is 17.9 Å². The van der Waals surface area contributed by atoms with E-state index in [4.69, 9.17) is 4.74 Å². The number of para-hydroxylation sites is 1. The molecule has 2 aromatic rings. The normalized spacial score (nSPS) is 11.4. The van der Waals surface area contributed by atoms with Crippen molar-refractivity contribution in [1.82, 2.24) is 10.3 Å². The van der Waals surface area contributed by atoms with Crippen LogP contribution in [0.4, 0.5) is 13.2 Å². The summed E-state index contributed by atoms with van der Waals surface area (Å²) in [6.45, 7) is 3.28. The minimum absolute atomic E-state index is 0.217. The van der Waals surface area contributed by atoms with Crippen molar-refractivity contribution in [3.05, 3.63) is 53.9 Å². The molecule has 3 nitrogen and oxygen atoms in total. The Bertz CT molecular complexity index is 599. The Morgan fingerprint density at radius 3 is 2.67 bits per heavy atom. The minimum atomic E-state index is -4.45. The average molecular weight is 296 g/mol. The molecule has 1 N–H and O–H groups in total. The van der Waals surface area contributed by atoms with Gasteiger partial charge in [0.25, 0.3) is 0 Å². The van der Waals surface area contributed by atoms with Gasteiger partial charge in [0.15, 0.2) is 0 Å². The first kappa shape index (κ1) is 15.3. The van der Waals surface area contributed by atoms with E-state index in [1.54, 1.807) is 6.07 Å². The molecule has 0 unspecified atom stereocenters. The van der Waals surface area contributed by atoms with Crippen LogP contribution in [-0.2, 0) is 12.7 Å². The van der Waals surface area contributed by atoms with E-state index < -0.39 is 11.7 Å². The number of benzene rings is 1. The Labute approximate surface area is 120 Å². The van der Waals surface area contributed by atoms with Crippen LogP contribution in [0.15, 0.2) is 42.6 Å². The summed E-state index contributed by atoms with van der Waals surface area (Å²) in [5.41, 5.74) is -0.0890. The molecular weight excluding hydrogens is 281 g/mol. The maximum Gasteiger partial charge on any atom is 0.419 e. The molecule has 0 radical (unpaired) electrons. The van der Waals surface area contributed by atoms with Crippen LogP contribution in [0.1, 0.15) is 18.2 Å². The Balaban J connectivity index is 2.23. The molecule has 0 saturated carbocycles. The van der Waals surface area contributed by atoms with Crippen LogP contribution in [0, 0.1) is 0 Å². The molecular formula is C15H15F3N2O. The average Bonchev–Trinajstić information content (AvgIpc) is 2.45. The molecule has 1 heterocycles. The smallest absolute Gasteiger partial charge is 0.419 e. The van der Waals surface area contributed by atoms with Crippen molar-refractivity contribution in [2.75, 3.05) is 6.54 Å². The third kappa shape index (κ3) is 4.19. The molecule has 0 amide bonds. The van der Waals surface area contributed by atoms with E-state index in [0.29, 0.717) is 18.0 Å². The van der Waals surface area contributed by atoms with Crippen molar-refractivity contribution in [2.24, 2.45) is 0 Å². The summed E-state index contributed by atoms with van der Waals surface area (Å²) in [4.78, 5) is 4.12. The molecule has 21 heavy (non-hydrogen) atoms. The van der Waals surface area contributed by atoms with Crippen molar-refractivity contribution >= 4 is 0 Å². The van der Waals surface area contributed by atoms with E-state index in [1.807, 2.05) is 6.92 Å². The van der Waals surface area contributed by atoms with E-state index in [2.05, 4.69) is 10.3 Å². The van der Waals surface area contributed by atoms with Crippen LogP contribution < -0.4 is 10.1 Å². The van der Waals surface area contributed by atoms with Gasteiger partial charge in [-0.25, -0.2) is 0 Å². The second kappa shape index (κ2) is 6.58. The van der Waals surface area contributed by atoms with Gasteiger partial charge in [0, 0.05) is 18.8 Å². The molecule has 1 aromatic heterocycles. The third-order valence-corrected chi connectivity index (χ3v) is 2.76. The minimum Gasteiger partial charge on any atom is -0.457 e. The monoisotopic (exact) mass is 296 g/mol. The summed E-state index contributed by atoms with van der Waals surface area (Å²) in [5.74, 6) is 0.111. The Morgan fingerprint density at radius 1 is 1.19 bits per heavy atom. The second-order valence-corrected chi connectivity index (χ2v) is 4.36.